The smallest absolute Gasteiger partial charge is 0.248 e. The highest BCUT2D eigenvalue weighted by molar-refractivity contribution is 7.89. The molecular formula is C17H17N3O5S. The largest absolute Gasteiger partial charge is 0.467 e. The van der Waals surface area contributed by atoms with Crippen LogP contribution in [0.1, 0.15) is 5.76 Å². The summed E-state index contributed by atoms with van der Waals surface area (Å²) in [5.74, 6) is 0.130. The monoisotopic (exact) mass is 375 g/mol. The summed E-state index contributed by atoms with van der Waals surface area (Å²) < 4.78 is 31.4. The average Bonchev–Trinajstić information content (AvgIpc) is 3.13. The number of likely N-dealkylation sites (N-methyl/N-ethyl adjacent to an activating group) is 1. The first-order valence-electron chi connectivity index (χ1n) is 7.75. The molecule has 3 aromatic rings. The SMILES string of the molecule is CN(CC(=O)NCc1ccco1)S(=O)(=O)c1ccc2[nH]c(=O)ccc2c1. The minimum Gasteiger partial charge on any atom is -0.467 e. The van der Waals surface area contributed by atoms with Crippen LogP contribution in [0.25, 0.3) is 10.9 Å². The summed E-state index contributed by atoms with van der Waals surface area (Å²) in [5, 5.41) is 3.18. The number of aromatic amines is 1. The minimum absolute atomic E-state index is 0.0402. The van der Waals surface area contributed by atoms with Gasteiger partial charge in [0.15, 0.2) is 0 Å². The molecule has 0 aliphatic rings. The third kappa shape index (κ3) is 3.84. The molecule has 3 rings (SSSR count). The van der Waals surface area contributed by atoms with E-state index >= 15 is 0 Å². The molecule has 1 amide bonds. The van der Waals surface area contributed by atoms with Crippen LogP contribution in [-0.2, 0) is 21.4 Å². The fourth-order valence-electron chi connectivity index (χ4n) is 2.41. The molecule has 0 spiro atoms. The van der Waals surface area contributed by atoms with Gasteiger partial charge in [0.05, 0.1) is 24.2 Å². The van der Waals surface area contributed by atoms with Crippen LogP contribution in [0.4, 0.5) is 0 Å². The zero-order chi connectivity index (χ0) is 18.7. The Morgan fingerprint density at radius 1 is 1.23 bits per heavy atom. The maximum atomic E-state index is 12.7. The van der Waals surface area contributed by atoms with Crippen LogP contribution in [0.2, 0.25) is 0 Å². The molecular weight excluding hydrogens is 358 g/mol. The first kappa shape index (κ1) is 17.9. The van der Waals surface area contributed by atoms with Gasteiger partial charge in [0, 0.05) is 18.6 Å². The third-order valence-electron chi connectivity index (χ3n) is 3.81. The van der Waals surface area contributed by atoms with Crippen molar-refractivity contribution < 1.29 is 17.6 Å². The van der Waals surface area contributed by atoms with E-state index in [1.54, 1.807) is 18.2 Å². The number of rotatable bonds is 6. The maximum absolute atomic E-state index is 12.7. The lowest BCUT2D eigenvalue weighted by molar-refractivity contribution is -0.121. The van der Waals surface area contributed by atoms with Gasteiger partial charge in [-0.25, -0.2) is 8.42 Å². The van der Waals surface area contributed by atoms with Crippen molar-refractivity contribution in [1.82, 2.24) is 14.6 Å². The van der Waals surface area contributed by atoms with Gasteiger partial charge in [0.2, 0.25) is 21.5 Å². The van der Waals surface area contributed by atoms with Crippen LogP contribution in [0.15, 0.2) is 62.8 Å². The van der Waals surface area contributed by atoms with E-state index < -0.39 is 15.9 Å². The van der Waals surface area contributed by atoms with Crippen molar-refractivity contribution >= 4 is 26.8 Å². The van der Waals surface area contributed by atoms with E-state index in [4.69, 9.17) is 4.42 Å². The van der Waals surface area contributed by atoms with Gasteiger partial charge in [-0.1, -0.05) is 0 Å². The molecule has 2 heterocycles. The summed E-state index contributed by atoms with van der Waals surface area (Å²) in [6.45, 7) is -0.143. The van der Waals surface area contributed by atoms with E-state index in [0.717, 1.165) is 4.31 Å². The van der Waals surface area contributed by atoms with Crippen LogP contribution >= 0.6 is 0 Å². The van der Waals surface area contributed by atoms with Crippen molar-refractivity contribution in [2.24, 2.45) is 0 Å². The second-order valence-electron chi connectivity index (χ2n) is 5.69. The maximum Gasteiger partial charge on any atom is 0.248 e. The van der Waals surface area contributed by atoms with E-state index in [9.17, 15) is 18.0 Å². The molecule has 0 bridgehead atoms. The first-order chi connectivity index (χ1) is 12.4. The number of H-pyrrole nitrogens is 1. The van der Waals surface area contributed by atoms with Crippen molar-refractivity contribution in [3.05, 3.63) is 64.8 Å². The Labute approximate surface area is 149 Å². The predicted octanol–water partition coefficient (Wildman–Crippen LogP) is 1.06. The summed E-state index contributed by atoms with van der Waals surface area (Å²) in [5.41, 5.74) is 0.272. The fourth-order valence-corrected chi connectivity index (χ4v) is 3.58. The van der Waals surface area contributed by atoms with Gasteiger partial charge >= 0.3 is 0 Å². The number of aromatic nitrogens is 1. The summed E-state index contributed by atoms with van der Waals surface area (Å²) in [6.07, 6.45) is 1.49. The Hall–Kier alpha value is -2.91. The van der Waals surface area contributed by atoms with Gasteiger partial charge < -0.3 is 14.7 Å². The third-order valence-corrected chi connectivity index (χ3v) is 5.61. The highest BCUT2D eigenvalue weighted by Crippen LogP contribution is 2.19. The van der Waals surface area contributed by atoms with E-state index in [0.29, 0.717) is 16.7 Å². The molecule has 0 fully saturated rings. The summed E-state index contributed by atoms with van der Waals surface area (Å²) in [7, 11) is -2.52. The van der Waals surface area contributed by atoms with Crippen LogP contribution in [0, 0.1) is 0 Å². The second-order valence-corrected chi connectivity index (χ2v) is 7.73. The van der Waals surface area contributed by atoms with Crippen molar-refractivity contribution in [2.45, 2.75) is 11.4 Å². The Morgan fingerprint density at radius 2 is 2.04 bits per heavy atom. The lowest BCUT2D eigenvalue weighted by Gasteiger charge is -2.17. The molecule has 136 valence electrons. The molecule has 0 radical (unpaired) electrons. The van der Waals surface area contributed by atoms with Gasteiger partial charge in [-0.2, -0.15) is 4.31 Å². The topological polar surface area (TPSA) is 112 Å². The normalized spacial score (nSPS) is 11.8. The summed E-state index contributed by atoms with van der Waals surface area (Å²) in [6, 6.07) is 10.6. The molecule has 9 heteroatoms. The highest BCUT2D eigenvalue weighted by Gasteiger charge is 2.23. The number of carbonyl (C=O) groups is 1. The van der Waals surface area contributed by atoms with Crippen LogP contribution in [0.3, 0.4) is 0 Å². The van der Waals surface area contributed by atoms with Crippen LogP contribution in [-0.4, -0.2) is 37.2 Å². The van der Waals surface area contributed by atoms with E-state index in [1.807, 2.05) is 0 Å². The number of fused-ring (bicyclic) bond motifs is 1. The predicted molar refractivity (Wildman–Crippen MR) is 94.9 cm³/mol. The highest BCUT2D eigenvalue weighted by atomic mass is 32.2. The number of amides is 1. The van der Waals surface area contributed by atoms with Gasteiger partial charge in [0.25, 0.3) is 0 Å². The zero-order valence-electron chi connectivity index (χ0n) is 13.9. The quantitative estimate of drug-likeness (QED) is 0.669. The first-order valence-corrected chi connectivity index (χ1v) is 9.19. The molecule has 2 aromatic heterocycles. The number of furan rings is 1. The number of hydrogen-bond donors (Lipinski definition) is 2. The van der Waals surface area contributed by atoms with Crippen LogP contribution < -0.4 is 10.9 Å². The van der Waals surface area contributed by atoms with Crippen LogP contribution in [0.5, 0.6) is 0 Å². The number of benzene rings is 1. The number of hydrogen-bond acceptors (Lipinski definition) is 5. The molecule has 0 atom stereocenters. The van der Waals surface area contributed by atoms with Crippen molar-refractivity contribution in [2.75, 3.05) is 13.6 Å². The second kappa shape index (κ2) is 7.14. The number of nitrogens with one attached hydrogen (secondary N) is 2. The lowest BCUT2D eigenvalue weighted by Crippen LogP contribution is -2.38. The number of pyridine rings is 1. The van der Waals surface area contributed by atoms with Crippen molar-refractivity contribution in [3.63, 3.8) is 0 Å². The molecule has 0 saturated carbocycles. The van der Waals surface area contributed by atoms with E-state index in [1.165, 1.54) is 37.6 Å². The lowest BCUT2D eigenvalue weighted by atomic mass is 10.2. The van der Waals surface area contributed by atoms with Gasteiger partial charge in [-0.3, -0.25) is 9.59 Å². The Morgan fingerprint density at radius 3 is 2.77 bits per heavy atom. The van der Waals surface area contributed by atoms with E-state index in [-0.39, 0.29) is 23.5 Å². The Balaban J connectivity index is 1.73. The van der Waals surface area contributed by atoms with E-state index in [2.05, 4.69) is 10.3 Å². The number of sulfonamides is 1. The molecule has 0 unspecified atom stereocenters. The molecule has 0 saturated heterocycles. The number of nitrogens with zero attached hydrogens (tertiary/aromatic N) is 1. The van der Waals surface area contributed by atoms with Crippen molar-refractivity contribution in [3.8, 4) is 0 Å². The number of carbonyl (C=O) groups excluding carboxylic acids is 1. The molecule has 0 aliphatic heterocycles. The summed E-state index contributed by atoms with van der Waals surface area (Å²) >= 11 is 0. The average molecular weight is 375 g/mol. The molecule has 8 nitrogen and oxygen atoms in total. The Bertz CT molecular complexity index is 1090. The standard InChI is InChI=1S/C17H17N3O5S/c1-20(11-17(22)18-10-13-3-2-8-25-13)26(23,24)14-5-6-15-12(9-14)4-7-16(21)19-15/h2-9H,10-11H2,1H3,(H,18,22)(H,19,21). The fraction of sp³-hybridized carbons (Fsp3) is 0.176. The molecule has 26 heavy (non-hydrogen) atoms. The zero-order valence-corrected chi connectivity index (χ0v) is 14.7. The summed E-state index contributed by atoms with van der Waals surface area (Å²) in [4.78, 5) is 25.9. The Kier molecular flexibility index (Phi) is 4.92. The van der Waals surface area contributed by atoms with Gasteiger partial charge in [0.1, 0.15) is 5.76 Å². The van der Waals surface area contributed by atoms with Gasteiger partial charge in [-0.15, -0.1) is 0 Å². The minimum atomic E-state index is -3.85. The molecule has 0 aliphatic carbocycles. The van der Waals surface area contributed by atoms with Gasteiger partial charge in [-0.05, 0) is 41.8 Å². The molecule has 2 N–H and O–H groups in total. The van der Waals surface area contributed by atoms with Crippen molar-refractivity contribution in [1.29, 1.82) is 0 Å². The molecule has 1 aromatic carbocycles.